The molecule has 45 heavy (non-hydrogen) atoms. The third-order valence-corrected chi connectivity index (χ3v) is 9.74. The van der Waals surface area contributed by atoms with Gasteiger partial charge in [-0.1, -0.05) is 24.3 Å². The van der Waals surface area contributed by atoms with E-state index in [0.717, 1.165) is 80.5 Å². The van der Waals surface area contributed by atoms with Crippen LogP contribution in [0.25, 0.3) is 11.1 Å². The molecule has 0 saturated heterocycles. The Morgan fingerprint density at radius 3 is 2.40 bits per heavy atom. The summed E-state index contributed by atoms with van der Waals surface area (Å²) in [6.07, 6.45) is 11.1. The van der Waals surface area contributed by atoms with E-state index in [1.54, 1.807) is 7.11 Å². The lowest BCUT2D eigenvalue weighted by atomic mass is 9.78. The summed E-state index contributed by atoms with van der Waals surface area (Å²) in [6.45, 7) is 9.24. The van der Waals surface area contributed by atoms with Gasteiger partial charge < -0.3 is 19.7 Å². The smallest absolute Gasteiger partial charge is 0.407 e. The highest BCUT2D eigenvalue weighted by Gasteiger charge is 2.33. The molecule has 0 bridgehead atoms. The van der Waals surface area contributed by atoms with Crippen molar-refractivity contribution in [3.63, 3.8) is 0 Å². The molecule has 1 heterocycles. The van der Waals surface area contributed by atoms with E-state index < -0.39 is 0 Å². The number of hydrogen-bond donors (Lipinski definition) is 1. The molecule has 0 aliphatic heterocycles. The Morgan fingerprint density at radius 1 is 1.00 bits per heavy atom. The summed E-state index contributed by atoms with van der Waals surface area (Å²) in [5.74, 6) is 2.06. The Hall–Kier alpha value is -3.81. The molecular formula is C37H50N4O4. The van der Waals surface area contributed by atoms with E-state index in [1.165, 1.54) is 11.1 Å². The number of ether oxygens (including phenoxy) is 2. The van der Waals surface area contributed by atoms with Crippen molar-refractivity contribution in [3.8, 4) is 16.9 Å². The van der Waals surface area contributed by atoms with Gasteiger partial charge in [0.1, 0.15) is 5.75 Å². The molecule has 2 aliphatic rings. The number of aromatic nitrogens is 2. The Labute approximate surface area is 268 Å². The molecule has 8 nitrogen and oxygen atoms in total. The molecule has 1 aromatic heterocycles. The second-order valence-electron chi connectivity index (χ2n) is 13.2. The molecule has 2 saturated carbocycles. The molecule has 2 aliphatic carbocycles. The maximum absolute atomic E-state index is 14.3. The number of nitrogens with one attached hydrogen (secondary N) is 1. The average molecular weight is 615 g/mol. The van der Waals surface area contributed by atoms with Crippen molar-refractivity contribution >= 4 is 17.7 Å². The van der Waals surface area contributed by atoms with E-state index in [4.69, 9.17) is 9.47 Å². The maximum Gasteiger partial charge on any atom is 0.407 e. The Bertz CT molecular complexity index is 1430. The first-order chi connectivity index (χ1) is 21.7. The quantitative estimate of drug-likeness (QED) is 0.250. The molecule has 8 heteroatoms. The number of rotatable bonds is 10. The third kappa shape index (κ3) is 8.08. The first kappa shape index (κ1) is 32.6. The maximum atomic E-state index is 14.3. The van der Waals surface area contributed by atoms with Gasteiger partial charge in [-0.15, -0.1) is 0 Å². The number of alkyl carbamates (subject to hydrolysis) is 1. The molecule has 0 atom stereocenters. The predicted molar refractivity (Wildman–Crippen MR) is 179 cm³/mol. The van der Waals surface area contributed by atoms with Gasteiger partial charge in [0.15, 0.2) is 0 Å². The van der Waals surface area contributed by atoms with Crippen molar-refractivity contribution in [2.75, 3.05) is 25.2 Å². The fraction of sp³-hybridized carbons (Fsp3) is 0.541. The Kier molecular flexibility index (Phi) is 10.8. The van der Waals surface area contributed by atoms with E-state index in [0.29, 0.717) is 18.4 Å². The molecule has 0 radical (unpaired) electrons. The topological polar surface area (TPSA) is 85.7 Å². The van der Waals surface area contributed by atoms with Gasteiger partial charge in [0.05, 0.1) is 19.9 Å². The second kappa shape index (κ2) is 15.0. The SMILES string of the molecule is CCOC(=O)N[C@H]1CC[C@H](C(=O)N(C[C@H]2CC[C@H](c3ccc(OC)c(C)c3)CC2)c2cccc(-c3cnn(C(C)C)c3)c2)CC1. The largest absolute Gasteiger partial charge is 0.496 e. The van der Waals surface area contributed by atoms with Gasteiger partial charge in [-0.05, 0) is 126 Å². The van der Waals surface area contributed by atoms with Gasteiger partial charge in [-0.25, -0.2) is 4.79 Å². The van der Waals surface area contributed by atoms with Gasteiger partial charge in [0, 0.05) is 42.0 Å². The van der Waals surface area contributed by atoms with Gasteiger partial charge >= 0.3 is 6.09 Å². The molecule has 0 unspecified atom stereocenters. The van der Waals surface area contributed by atoms with E-state index in [1.807, 2.05) is 17.8 Å². The van der Waals surface area contributed by atoms with E-state index in [2.05, 4.69) is 84.7 Å². The lowest BCUT2D eigenvalue weighted by Gasteiger charge is -2.36. The summed E-state index contributed by atoms with van der Waals surface area (Å²) in [6, 6.07) is 15.3. The fourth-order valence-electron chi connectivity index (χ4n) is 7.08. The van der Waals surface area contributed by atoms with Crippen LogP contribution < -0.4 is 15.0 Å². The van der Waals surface area contributed by atoms with Crippen LogP contribution in [0.15, 0.2) is 54.9 Å². The zero-order chi connectivity index (χ0) is 31.9. The number of aryl methyl sites for hydroxylation is 1. The highest BCUT2D eigenvalue weighted by atomic mass is 16.5. The predicted octanol–water partition coefficient (Wildman–Crippen LogP) is 8.06. The molecule has 5 rings (SSSR count). The summed E-state index contributed by atoms with van der Waals surface area (Å²) < 4.78 is 12.5. The monoisotopic (exact) mass is 614 g/mol. The number of nitrogens with zero attached hydrogens (tertiary/aromatic N) is 3. The molecule has 2 amide bonds. The molecule has 0 spiro atoms. The summed E-state index contributed by atoms with van der Waals surface area (Å²) in [7, 11) is 1.72. The van der Waals surface area contributed by atoms with Crippen molar-refractivity contribution in [2.24, 2.45) is 11.8 Å². The minimum Gasteiger partial charge on any atom is -0.496 e. The van der Waals surface area contributed by atoms with Crippen molar-refractivity contribution in [2.45, 2.75) is 97.1 Å². The van der Waals surface area contributed by atoms with Crippen molar-refractivity contribution in [3.05, 3.63) is 66.0 Å². The first-order valence-electron chi connectivity index (χ1n) is 16.8. The highest BCUT2D eigenvalue weighted by Crippen LogP contribution is 2.39. The first-order valence-corrected chi connectivity index (χ1v) is 16.8. The van der Waals surface area contributed by atoms with E-state index in [-0.39, 0.29) is 30.0 Å². The molecule has 1 N–H and O–H groups in total. The minimum absolute atomic E-state index is 0.0549. The fourth-order valence-corrected chi connectivity index (χ4v) is 7.08. The zero-order valence-electron chi connectivity index (χ0n) is 27.6. The lowest BCUT2D eigenvalue weighted by molar-refractivity contribution is -0.123. The number of carbonyl (C=O) groups excluding carboxylic acids is 2. The molecule has 2 aromatic carbocycles. The van der Waals surface area contributed by atoms with Crippen LogP contribution in [0.1, 0.15) is 95.2 Å². The summed E-state index contributed by atoms with van der Waals surface area (Å²) in [5, 5.41) is 7.51. The van der Waals surface area contributed by atoms with Crippen LogP contribution in [0, 0.1) is 18.8 Å². The highest BCUT2D eigenvalue weighted by molar-refractivity contribution is 5.95. The normalized spacial score (nSPS) is 21.7. The van der Waals surface area contributed by atoms with Gasteiger partial charge in [0.2, 0.25) is 5.91 Å². The number of amides is 2. The summed E-state index contributed by atoms with van der Waals surface area (Å²) in [4.78, 5) is 28.4. The van der Waals surface area contributed by atoms with Crippen LogP contribution in [0.2, 0.25) is 0 Å². The number of hydrogen-bond acceptors (Lipinski definition) is 5. The Balaban J connectivity index is 1.31. The van der Waals surface area contributed by atoms with E-state index in [9.17, 15) is 9.59 Å². The van der Waals surface area contributed by atoms with Crippen molar-refractivity contribution in [1.29, 1.82) is 0 Å². The third-order valence-electron chi connectivity index (χ3n) is 9.74. The van der Waals surface area contributed by atoms with Gasteiger partial charge in [-0.3, -0.25) is 9.48 Å². The average Bonchev–Trinajstić information content (AvgIpc) is 3.55. The lowest BCUT2D eigenvalue weighted by Crippen LogP contribution is -2.44. The number of anilines is 1. The molecule has 2 fully saturated rings. The minimum atomic E-state index is -0.369. The van der Waals surface area contributed by atoms with Crippen LogP contribution >= 0.6 is 0 Å². The van der Waals surface area contributed by atoms with Crippen LogP contribution in [0.5, 0.6) is 5.75 Å². The number of carbonyl (C=O) groups is 2. The van der Waals surface area contributed by atoms with Crippen molar-refractivity contribution < 1.29 is 19.1 Å². The van der Waals surface area contributed by atoms with Crippen LogP contribution in [0.4, 0.5) is 10.5 Å². The zero-order valence-corrected chi connectivity index (χ0v) is 27.6. The molecule has 3 aromatic rings. The van der Waals surface area contributed by atoms with Gasteiger partial charge in [0.25, 0.3) is 0 Å². The van der Waals surface area contributed by atoms with Crippen LogP contribution in [-0.2, 0) is 9.53 Å². The molecular weight excluding hydrogens is 564 g/mol. The second-order valence-corrected chi connectivity index (χ2v) is 13.2. The van der Waals surface area contributed by atoms with Gasteiger partial charge in [-0.2, -0.15) is 5.10 Å². The Morgan fingerprint density at radius 2 is 1.76 bits per heavy atom. The van der Waals surface area contributed by atoms with E-state index >= 15 is 0 Å². The number of benzene rings is 2. The van der Waals surface area contributed by atoms with Crippen molar-refractivity contribution in [1.82, 2.24) is 15.1 Å². The molecule has 242 valence electrons. The number of methoxy groups -OCH3 is 1. The standard InChI is InChI=1S/C37H50N4O4/c1-6-45-37(43)39-33-17-14-29(15-18-33)36(42)40(34-9-7-8-30(21-34)32-22-38-41(24-32)25(2)3)23-27-10-12-28(13-11-27)31-16-19-35(44-5)26(4)20-31/h7-9,16,19-22,24-25,27-29,33H,6,10-15,17-18,23H2,1-5H3,(H,39,43)/t27-,28-,29-,33-. The van der Waals surface area contributed by atoms with Crippen LogP contribution in [-0.4, -0.2) is 48.1 Å². The summed E-state index contributed by atoms with van der Waals surface area (Å²) >= 11 is 0. The summed E-state index contributed by atoms with van der Waals surface area (Å²) in [5.41, 5.74) is 5.65. The van der Waals surface area contributed by atoms with Crippen LogP contribution in [0.3, 0.4) is 0 Å².